The van der Waals surface area contributed by atoms with Crippen LogP contribution in [0.1, 0.15) is 57.7 Å². The number of aromatic nitrogens is 2. The Morgan fingerprint density at radius 2 is 2.12 bits per heavy atom. The zero-order valence-electron chi connectivity index (χ0n) is 15.2. The molecule has 2 fully saturated rings. The van der Waals surface area contributed by atoms with Crippen LogP contribution in [0.5, 0.6) is 0 Å². The number of amides is 1. The smallest absolute Gasteiger partial charge is 0.242 e. The molecule has 2 atom stereocenters. The lowest BCUT2D eigenvalue weighted by molar-refractivity contribution is -0.142. The van der Waals surface area contributed by atoms with E-state index in [0.29, 0.717) is 24.2 Å². The molecular weight excluding hydrogens is 344 g/mol. The summed E-state index contributed by atoms with van der Waals surface area (Å²) in [5.74, 6) is 1.28. The Morgan fingerprint density at radius 3 is 2.64 bits per heavy atom. The standard InChI is InChI=1S/C16H26N4O4S/c1-5-25(22,23)19(4)10-13(21)20-9-7-12-6-8-16(12,20)15-18-17-14(24-15)11(2)3/h11-12H,5-10H2,1-4H3/t12-,16-/m0/s1. The van der Waals surface area contributed by atoms with Gasteiger partial charge in [0.15, 0.2) is 0 Å². The van der Waals surface area contributed by atoms with Crippen molar-refractivity contribution >= 4 is 15.9 Å². The second-order valence-corrected chi connectivity index (χ2v) is 9.62. The molecule has 2 heterocycles. The van der Waals surface area contributed by atoms with Crippen molar-refractivity contribution in [2.45, 2.75) is 51.5 Å². The lowest BCUT2D eigenvalue weighted by Gasteiger charge is -2.47. The highest BCUT2D eigenvalue weighted by Crippen LogP contribution is 2.56. The number of nitrogens with zero attached hydrogens (tertiary/aromatic N) is 4. The minimum atomic E-state index is -3.39. The first-order chi connectivity index (χ1) is 11.7. The highest BCUT2D eigenvalue weighted by Gasteiger charge is 2.61. The fourth-order valence-corrected chi connectivity index (χ4v) is 4.57. The van der Waals surface area contributed by atoms with Gasteiger partial charge in [0, 0.05) is 19.5 Å². The molecule has 0 N–H and O–H groups in total. The first-order valence-corrected chi connectivity index (χ1v) is 10.4. The van der Waals surface area contributed by atoms with E-state index in [1.807, 2.05) is 13.8 Å². The van der Waals surface area contributed by atoms with E-state index in [0.717, 1.165) is 23.6 Å². The number of hydrogen-bond acceptors (Lipinski definition) is 6. The topological polar surface area (TPSA) is 96.6 Å². The van der Waals surface area contributed by atoms with Crippen molar-refractivity contribution in [3.63, 3.8) is 0 Å². The van der Waals surface area contributed by atoms with E-state index in [1.54, 1.807) is 11.8 Å². The lowest BCUT2D eigenvalue weighted by Crippen LogP contribution is -2.56. The molecule has 1 aliphatic carbocycles. The maximum absolute atomic E-state index is 12.9. The van der Waals surface area contributed by atoms with Gasteiger partial charge in [-0.15, -0.1) is 10.2 Å². The van der Waals surface area contributed by atoms with Crippen molar-refractivity contribution in [2.75, 3.05) is 25.9 Å². The minimum Gasteiger partial charge on any atom is -0.422 e. The van der Waals surface area contributed by atoms with Gasteiger partial charge in [-0.05, 0) is 32.1 Å². The quantitative estimate of drug-likeness (QED) is 0.749. The number of carbonyl (C=O) groups is 1. The van der Waals surface area contributed by atoms with E-state index in [2.05, 4.69) is 10.2 Å². The van der Waals surface area contributed by atoms with Gasteiger partial charge in [0.1, 0.15) is 5.54 Å². The second-order valence-electron chi connectivity index (χ2n) is 7.25. The van der Waals surface area contributed by atoms with Crippen molar-refractivity contribution in [1.82, 2.24) is 19.4 Å². The molecule has 1 saturated heterocycles. The number of likely N-dealkylation sites (N-methyl/N-ethyl adjacent to an activating group) is 1. The molecule has 1 saturated carbocycles. The molecule has 0 radical (unpaired) electrons. The Kier molecular flexibility index (Phi) is 4.65. The zero-order chi connectivity index (χ0) is 18.4. The van der Waals surface area contributed by atoms with Crippen LogP contribution in [0.2, 0.25) is 0 Å². The van der Waals surface area contributed by atoms with Crippen molar-refractivity contribution in [3.8, 4) is 0 Å². The summed E-state index contributed by atoms with van der Waals surface area (Å²) in [5.41, 5.74) is -0.548. The molecule has 140 valence electrons. The number of likely N-dealkylation sites (tertiary alicyclic amines) is 1. The van der Waals surface area contributed by atoms with Crippen LogP contribution in [-0.4, -0.2) is 59.6 Å². The average Bonchev–Trinajstić information content (AvgIpc) is 3.11. The Bertz CT molecular complexity index is 760. The van der Waals surface area contributed by atoms with E-state index in [4.69, 9.17) is 4.42 Å². The van der Waals surface area contributed by atoms with Crippen molar-refractivity contribution in [2.24, 2.45) is 5.92 Å². The summed E-state index contributed by atoms with van der Waals surface area (Å²) in [5, 5.41) is 8.35. The molecule has 0 bridgehead atoms. The molecule has 0 aromatic carbocycles. The fourth-order valence-electron chi connectivity index (χ4n) is 3.83. The van der Waals surface area contributed by atoms with Gasteiger partial charge >= 0.3 is 0 Å². The van der Waals surface area contributed by atoms with E-state index in [1.165, 1.54) is 7.05 Å². The van der Waals surface area contributed by atoms with Gasteiger partial charge in [0.05, 0.1) is 12.3 Å². The normalized spacial score (nSPS) is 26.2. The second kappa shape index (κ2) is 6.35. The van der Waals surface area contributed by atoms with Crippen LogP contribution in [0.3, 0.4) is 0 Å². The van der Waals surface area contributed by atoms with E-state index in [9.17, 15) is 13.2 Å². The molecular formula is C16H26N4O4S. The summed E-state index contributed by atoms with van der Waals surface area (Å²) in [6.07, 6.45) is 2.69. The van der Waals surface area contributed by atoms with Crippen LogP contribution in [0.4, 0.5) is 0 Å². The Labute approximate surface area is 148 Å². The van der Waals surface area contributed by atoms with Gasteiger partial charge < -0.3 is 9.32 Å². The monoisotopic (exact) mass is 370 g/mol. The number of hydrogen-bond donors (Lipinski definition) is 0. The summed E-state index contributed by atoms with van der Waals surface area (Å²) < 4.78 is 30.9. The molecule has 1 amide bonds. The predicted molar refractivity (Wildman–Crippen MR) is 91.2 cm³/mol. The third kappa shape index (κ3) is 2.87. The minimum absolute atomic E-state index is 0.0219. The van der Waals surface area contributed by atoms with Gasteiger partial charge in [-0.25, -0.2) is 8.42 Å². The van der Waals surface area contributed by atoms with Crippen LogP contribution >= 0.6 is 0 Å². The van der Waals surface area contributed by atoms with Gasteiger partial charge in [-0.2, -0.15) is 4.31 Å². The Balaban J connectivity index is 1.84. The van der Waals surface area contributed by atoms with Crippen molar-refractivity contribution in [1.29, 1.82) is 0 Å². The number of rotatable bonds is 6. The SMILES string of the molecule is CCS(=O)(=O)N(C)CC(=O)N1CC[C@@H]2CC[C@@]21c1nnc(C(C)C)o1. The van der Waals surface area contributed by atoms with Gasteiger partial charge in [-0.3, -0.25) is 4.79 Å². The first-order valence-electron chi connectivity index (χ1n) is 8.80. The lowest BCUT2D eigenvalue weighted by atomic mass is 9.67. The summed E-state index contributed by atoms with van der Waals surface area (Å²) in [6.45, 7) is 5.98. The largest absolute Gasteiger partial charge is 0.422 e. The predicted octanol–water partition coefficient (Wildman–Crippen LogP) is 1.31. The first kappa shape index (κ1) is 18.3. The Morgan fingerprint density at radius 1 is 1.40 bits per heavy atom. The number of sulfonamides is 1. The molecule has 25 heavy (non-hydrogen) atoms. The fraction of sp³-hybridized carbons (Fsp3) is 0.812. The van der Waals surface area contributed by atoms with Gasteiger partial charge in [-0.1, -0.05) is 13.8 Å². The van der Waals surface area contributed by atoms with Crippen LogP contribution in [0.15, 0.2) is 4.42 Å². The summed E-state index contributed by atoms with van der Waals surface area (Å²) in [4.78, 5) is 14.6. The van der Waals surface area contributed by atoms with Gasteiger partial charge in [0.25, 0.3) is 0 Å². The highest BCUT2D eigenvalue weighted by molar-refractivity contribution is 7.89. The molecule has 0 unspecified atom stereocenters. The van der Waals surface area contributed by atoms with Gasteiger partial charge in [0.2, 0.25) is 27.7 Å². The summed E-state index contributed by atoms with van der Waals surface area (Å²) >= 11 is 0. The highest BCUT2D eigenvalue weighted by atomic mass is 32.2. The third-order valence-electron chi connectivity index (χ3n) is 5.54. The van der Waals surface area contributed by atoms with E-state index >= 15 is 0 Å². The molecule has 1 aromatic heterocycles. The van der Waals surface area contributed by atoms with Crippen LogP contribution in [0, 0.1) is 5.92 Å². The van der Waals surface area contributed by atoms with Crippen LogP contribution < -0.4 is 0 Å². The van der Waals surface area contributed by atoms with Crippen LogP contribution in [0.25, 0.3) is 0 Å². The maximum Gasteiger partial charge on any atom is 0.242 e. The molecule has 9 heteroatoms. The van der Waals surface area contributed by atoms with Crippen LogP contribution in [-0.2, 0) is 20.4 Å². The molecule has 1 aromatic rings. The number of fused-ring (bicyclic) bond motifs is 1. The molecule has 0 spiro atoms. The van der Waals surface area contributed by atoms with E-state index < -0.39 is 15.6 Å². The zero-order valence-corrected chi connectivity index (χ0v) is 16.0. The molecule has 3 rings (SSSR count). The molecule has 1 aliphatic heterocycles. The summed E-state index contributed by atoms with van der Waals surface area (Å²) in [7, 11) is -1.95. The van der Waals surface area contributed by atoms with Crippen molar-refractivity contribution < 1.29 is 17.6 Å². The Hall–Kier alpha value is -1.48. The van der Waals surface area contributed by atoms with E-state index in [-0.39, 0.29) is 24.1 Å². The third-order valence-corrected chi connectivity index (χ3v) is 7.34. The van der Waals surface area contributed by atoms with Crippen molar-refractivity contribution in [3.05, 3.63) is 11.8 Å². The molecule has 8 nitrogen and oxygen atoms in total. The average molecular weight is 370 g/mol. The number of carbonyl (C=O) groups excluding carboxylic acids is 1. The summed E-state index contributed by atoms with van der Waals surface area (Å²) in [6, 6.07) is 0. The molecule has 2 aliphatic rings. The maximum atomic E-state index is 12.9.